The molecule has 2 aromatic carbocycles. The fraction of sp³-hybridized carbons (Fsp3) is 0.486. The van der Waals surface area contributed by atoms with Crippen molar-refractivity contribution in [3.8, 4) is 0 Å². The summed E-state index contributed by atoms with van der Waals surface area (Å²) in [7, 11) is 1.51. The summed E-state index contributed by atoms with van der Waals surface area (Å²) < 4.78 is 0. The van der Waals surface area contributed by atoms with Gasteiger partial charge in [0.05, 0.1) is 54.7 Å². The standard InChI is InChI=1S/C70H96N24O12S2/c1-39-58(96)87-52(27-42-31-75-36-81-42)59(97)80-34-57(95)47(17-7-9-21-71)85-48(18-8-10-22-72)60(98)86-49(19-11-23-78-70(73)74)61(99)93-68-69(106)94-24-12-20-56(94)67(105)91-54(29-44-33-77-38-83-44)65(103)88-50(25-40-13-3-2-4-14-40)62(100)90-53(28-43-32-76-37-82-43)64(102)89-51(26-41-30-79-46-16-6-5-15-45(41)46)63(101)92-55(35-107-108-68)66(104)84-39/h2-6,13-16,30-33,36-39,47-56,68,79,85H,7-12,17-29,34-35,71-72H2,1H3,(H,75,81)(H,76,82)(H,77,83)(H,80,97)(H,84,104)(H,86,98)(H,87,96)(H,88,103)(H,89,102)(H,90,100)(H,91,105)(H,92,101)(H,93,99)(H4,73,74,78)/t39-,47+,48+,49-,50+,51-,52-,53-,54-,55?,56-,68-/m0/s1. The van der Waals surface area contributed by atoms with Gasteiger partial charge in [-0.05, 0) is 88.6 Å². The molecule has 3 aliphatic rings. The second-order valence-corrected chi connectivity index (χ2v) is 29.2. The number of guanidine groups is 1. The van der Waals surface area contributed by atoms with Crippen LogP contribution in [0.5, 0.6) is 0 Å². The van der Waals surface area contributed by atoms with Crippen molar-refractivity contribution in [3.63, 3.8) is 0 Å². The molecule has 38 heteroatoms. The number of amides is 11. The van der Waals surface area contributed by atoms with E-state index in [1.165, 1.54) is 49.4 Å². The highest BCUT2D eigenvalue weighted by Gasteiger charge is 2.43. The van der Waals surface area contributed by atoms with Gasteiger partial charge >= 0.3 is 0 Å². The van der Waals surface area contributed by atoms with Crippen molar-refractivity contribution in [1.29, 1.82) is 5.41 Å². The van der Waals surface area contributed by atoms with Crippen LogP contribution in [0.1, 0.15) is 99.3 Å². The molecule has 3 aliphatic heterocycles. The zero-order chi connectivity index (χ0) is 77.1. The number of hydrogen-bond acceptors (Lipinski definition) is 21. The van der Waals surface area contributed by atoms with Gasteiger partial charge in [0.15, 0.2) is 17.1 Å². The molecule has 11 amide bonds. The van der Waals surface area contributed by atoms with Gasteiger partial charge in [0.2, 0.25) is 59.1 Å². The average Bonchev–Trinajstić information content (AvgIpc) is 1.64. The molecule has 0 aliphatic carbocycles. The molecule has 7 heterocycles. The molecular formula is C70H96N24O12S2. The van der Waals surface area contributed by atoms with E-state index in [2.05, 4.69) is 98.7 Å². The Labute approximate surface area is 630 Å². The number of Topliss-reactive ketones (excluding diaryl/α,β-unsaturated/α-hetero) is 1. The highest BCUT2D eigenvalue weighted by molar-refractivity contribution is 8.77. The fourth-order valence-electron chi connectivity index (χ4n) is 12.8. The predicted molar refractivity (Wildman–Crippen MR) is 401 cm³/mol. The summed E-state index contributed by atoms with van der Waals surface area (Å²) >= 11 is 0. The lowest BCUT2D eigenvalue weighted by Crippen LogP contribution is -2.61. The molecule has 12 atom stereocenters. The van der Waals surface area contributed by atoms with Gasteiger partial charge in [-0.3, -0.25) is 68.3 Å². The summed E-state index contributed by atoms with van der Waals surface area (Å²) in [6.45, 7) is 1.22. The van der Waals surface area contributed by atoms with Crippen LogP contribution in [-0.4, -0.2) is 227 Å². The summed E-state index contributed by atoms with van der Waals surface area (Å²) in [6, 6.07) is 0.0928. The van der Waals surface area contributed by atoms with Crippen LogP contribution < -0.4 is 81.0 Å². The van der Waals surface area contributed by atoms with Gasteiger partial charge in [0.25, 0.3) is 5.91 Å². The molecule has 6 aromatic rings. The van der Waals surface area contributed by atoms with Gasteiger partial charge in [-0.2, -0.15) is 0 Å². The highest BCUT2D eigenvalue weighted by atomic mass is 33.1. The normalized spacial score (nSPS) is 24.8. The van der Waals surface area contributed by atoms with Crippen LogP contribution in [0.3, 0.4) is 0 Å². The third-order valence-corrected chi connectivity index (χ3v) is 21.1. The minimum atomic E-state index is -1.70. The third-order valence-electron chi connectivity index (χ3n) is 18.6. The topological polar surface area (TPSA) is 556 Å². The number of fused-ring (bicyclic) bond motifs is 6. The van der Waals surface area contributed by atoms with Gasteiger partial charge in [-0.15, -0.1) is 0 Å². The highest BCUT2D eigenvalue weighted by Crippen LogP contribution is 2.31. The summed E-state index contributed by atoms with van der Waals surface area (Å²) in [5.74, 6) is -11.1. The van der Waals surface area contributed by atoms with Crippen LogP contribution in [0.4, 0.5) is 0 Å². The van der Waals surface area contributed by atoms with Crippen molar-refractivity contribution in [2.45, 2.75) is 175 Å². The van der Waals surface area contributed by atoms with Crippen molar-refractivity contribution in [2.75, 3.05) is 38.5 Å². The Kier molecular flexibility index (Phi) is 30.8. The fourth-order valence-corrected chi connectivity index (χ4v) is 15.2. The number of H-pyrrole nitrogens is 4. The third kappa shape index (κ3) is 23.9. The molecule has 108 heavy (non-hydrogen) atoms. The maximum atomic E-state index is 15.7. The number of ketones is 1. The number of unbranched alkanes of at least 4 members (excludes halogenated alkanes) is 2. The van der Waals surface area contributed by atoms with Crippen molar-refractivity contribution < 1.29 is 57.5 Å². The van der Waals surface area contributed by atoms with Gasteiger partial charge in [-0.1, -0.05) is 83.0 Å². The smallest absolute Gasteiger partial charge is 0.257 e. The number of carbonyl (C=O) groups excluding carboxylic acids is 12. The van der Waals surface area contributed by atoms with Crippen LogP contribution in [0.15, 0.2) is 98.4 Å². The Bertz CT molecular complexity index is 4040. The molecule has 4 aromatic heterocycles. The van der Waals surface area contributed by atoms with Crippen LogP contribution in [0.25, 0.3) is 10.9 Å². The van der Waals surface area contributed by atoms with E-state index in [1.807, 2.05) is 0 Å². The lowest BCUT2D eigenvalue weighted by molar-refractivity contribution is -0.141. The van der Waals surface area contributed by atoms with Crippen molar-refractivity contribution in [1.82, 2.24) is 104 Å². The molecule has 0 spiro atoms. The van der Waals surface area contributed by atoms with E-state index >= 15 is 43.2 Å². The van der Waals surface area contributed by atoms with E-state index in [1.54, 1.807) is 60.8 Å². The van der Waals surface area contributed by atoms with Gasteiger partial charge < -0.3 is 101 Å². The molecule has 0 saturated carbocycles. The Hall–Kier alpha value is -10.7. The molecule has 0 radical (unpaired) electrons. The maximum absolute atomic E-state index is 15.7. The SMILES string of the molecule is C[C@@H]1NC(=O)C2CSS[C@H](NC(=O)[C@H](CCCNC(=N)N)NC(=O)[C@@H](CCCCN)N[C@H](CCCCN)C(=O)CNC(=O)[C@H](Cc3c[nH]cn3)NC1=O)C(=O)N1CCC[C@H]1C(=O)N[C@@H](Cc1c[nH]cn1)C(=O)N[C@H](Cc1ccccc1)C(=O)N[C@@H](Cc1c[nH]cn1)C(=O)N[C@@H](Cc1c[nH]c3ccccc13)C(=O)N2. The molecule has 3 fully saturated rings. The molecule has 23 N–H and O–H groups in total. The molecule has 580 valence electrons. The minimum absolute atomic E-state index is 0.0452. The number of carbonyl (C=O) groups is 12. The molecule has 3 saturated heterocycles. The minimum Gasteiger partial charge on any atom is -0.370 e. The van der Waals surface area contributed by atoms with Gasteiger partial charge in [0.1, 0.15) is 54.4 Å². The van der Waals surface area contributed by atoms with Gasteiger partial charge in [-0.25, -0.2) is 15.0 Å². The summed E-state index contributed by atoms with van der Waals surface area (Å²) in [4.78, 5) is 207. The number of aromatic amines is 4. The van der Waals surface area contributed by atoms with E-state index in [9.17, 15) is 14.4 Å². The van der Waals surface area contributed by atoms with Gasteiger partial charge in [0, 0.05) is 86.6 Å². The second kappa shape index (κ2) is 40.9. The van der Waals surface area contributed by atoms with Crippen molar-refractivity contribution in [2.24, 2.45) is 17.2 Å². The number of nitrogens with two attached hydrogens (primary N) is 3. The van der Waals surface area contributed by atoms with E-state index in [0.717, 1.165) is 10.8 Å². The lowest BCUT2D eigenvalue weighted by atomic mass is 10.0. The Morgan fingerprint density at radius 2 is 1.06 bits per heavy atom. The number of aromatic nitrogens is 7. The molecule has 2 bridgehead atoms. The summed E-state index contributed by atoms with van der Waals surface area (Å²) in [6.07, 6.45) is 11.4. The zero-order valence-electron chi connectivity index (χ0n) is 59.8. The van der Waals surface area contributed by atoms with E-state index in [4.69, 9.17) is 22.6 Å². The number of hydrogen-bond donors (Lipinski definition) is 20. The number of rotatable bonds is 22. The number of para-hydroxylation sites is 1. The largest absolute Gasteiger partial charge is 0.370 e. The Morgan fingerprint density at radius 1 is 0.537 bits per heavy atom. The number of benzene rings is 2. The molecule has 1 unspecified atom stereocenters. The first kappa shape index (κ1) is 81.4. The first-order chi connectivity index (χ1) is 52.1. The average molecular weight is 1530 g/mol. The molecule has 9 rings (SSSR count). The zero-order valence-corrected chi connectivity index (χ0v) is 61.4. The van der Waals surface area contributed by atoms with Crippen molar-refractivity contribution >= 4 is 109 Å². The molecule has 36 nitrogen and oxygen atoms in total. The Balaban J connectivity index is 1.16. The number of nitrogens with one attached hydrogen (secondary N) is 17. The first-order valence-electron chi connectivity index (χ1n) is 36.0. The molecular weight excluding hydrogens is 1430 g/mol. The number of nitrogens with zero attached hydrogens (tertiary/aromatic N) is 4. The summed E-state index contributed by atoms with van der Waals surface area (Å²) in [5, 5.41) is 40.3. The summed E-state index contributed by atoms with van der Waals surface area (Å²) in [5.41, 5.74) is 20.2. The van der Waals surface area contributed by atoms with Crippen LogP contribution in [-0.2, 0) is 89.6 Å². The second-order valence-electron chi connectivity index (χ2n) is 26.7. The van der Waals surface area contributed by atoms with Crippen molar-refractivity contribution in [3.05, 3.63) is 127 Å². The Morgan fingerprint density at radius 3 is 1.66 bits per heavy atom. The van der Waals surface area contributed by atoms with Crippen LogP contribution in [0.2, 0.25) is 0 Å². The van der Waals surface area contributed by atoms with E-state index in [-0.39, 0.29) is 103 Å². The van der Waals surface area contributed by atoms with Crippen LogP contribution in [0, 0.1) is 5.41 Å². The van der Waals surface area contributed by atoms with E-state index in [0.29, 0.717) is 75.6 Å². The predicted octanol–water partition coefficient (Wildman–Crippen LogP) is -2.88. The monoisotopic (exact) mass is 1530 g/mol. The van der Waals surface area contributed by atoms with Crippen LogP contribution >= 0.6 is 21.6 Å². The lowest BCUT2D eigenvalue weighted by Gasteiger charge is -2.31. The maximum Gasteiger partial charge on any atom is 0.257 e. The first-order valence-corrected chi connectivity index (χ1v) is 38.4. The quantitative estimate of drug-likeness (QED) is 0.0141. The van der Waals surface area contributed by atoms with E-state index < -0.39 is 155 Å². The number of imidazole rings is 3.